The molecule has 1 heterocycles. The number of methoxy groups -OCH3 is 1. The molecule has 0 aromatic heterocycles. The van der Waals surface area contributed by atoms with Crippen molar-refractivity contribution in [1.82, 2.24) is 10.2 Å². The second-order valence-corrected chi connectivity index (χ2v) is 8.70. The van der Waals surface area contributed by atoms with Crippen molar-refractivity contribution in [2.45, 2.75) is 36.8 Å². The summed E-state index contributed by atoms with van der Waals surface area (Å²) in [6, 6.07) is 14.2. The zero-order valence-corrected chi connectivity index (χ0v) is 19.1. The summed E-state index contributed by atoms with van der Waals surface area (Å²) in [4.78, 5) is 36.8. The largest absolute Gasteiger partial charge is 0.480 e. The van der Waals surface area contributed by atoms with Crippen molar-refractivity contribution >= 4 is 18.0 Å². The first-order valence-corrected chi connectivity index (χ1v) is 11.2. The number of hydrogen-bond acceptors (Lipinski definition) is 5. The maximum Gasteiger partial charge on any atom is 0.407 e. The number of benzene rings is 2. The smallest absolute Gasteiger partial charge is 0.407 e. The maximum atomic E-state index is 13.7. The average Bonchev–Trinajstić information content (AvgIpc) is 3.34. The van der Waals surface area contributed by atoms with Gasteiger partial charge in [0.05, 0.1) is 19.1 Å². The van der Waals surface area contributed by atoms with E-state index >= 15 is 0 Å². The molecule has 35 heavy (non-hydrogen) atoms. The molecule has 1 fully saturated rings. The average molecular weight is 488 g/mol. The third-order valence-electron chi connectivity index (χ3n) is 6.43. The van der Waals surface area contributed by atoms with E-state index in [4.69, 9.17) is 9.47 Å². The van der Waals surface area contributed by atoms with Gasteiger partial charge >= 0.3 is 12.1 Å². The van der Waals surface area contributed by atoms with Gasteiger partial charge in [-0.2, -0.15) is 0 Å². The monoisotopic (exact) mass is 488 g/mol. The zero-order chi connectivity index (χ0) is 25.2. The number of hydrogen-bond donors (Lipinski definition) is 2. The third-order valence-corrected chi connectivity index (χ3v) is 6.43. The van der Waals surface area contributed by atoms with Gasteiger partial charge in [0.2, 0.25) is 5.91 Å². The van der Waals surface area contributed by atoms with E-state index in [-0.39, 0.29) is 25.5 Å². The molecule has 2 aliphatic rings. The van der Waals surface area contributed by atoms with Crippen molar-refractivity contribution in [2.75, 3.05) is 26.8 Å². The lowest BCUT2D eigenvalue weighted by molar-refractivity contribution is -0.149. The van der Waals surface area contributed by atoms with Crippen molar-refractivity contribution in [1.29, 1.82) is 0 Å². The number of ether oxygens (including phenoxy) is 2. The van der Waals surface area contributed by atoms with Gasteiger partial charge in [0.1, 0.15) is 12.6 Å². The van der Waals surface area contributed by atoms with Gasteiger partial charge in [-0.3, -0.25) is 4.79 Å². The number of alkyl halides is 2. The molecule has 2 amide bonds. The summed E-state index contributed by atoms with van der Waals surface area (Å²) in [5.41, 5.74) is 4.33. The Morgan fingerprint density at radius 3 is 2.29 bits per heavy atom. The lowest BCUT2D eigenvalue weighted by Gasteiger charge is -2.23. The molecule has 1 unspecified atom stereocenters. The van der Waals surface area contributed by atoms with Crippen LogP contribution >= 0.6 is 0 Å². The number of alkyl carbamates (subject to hydrolysis) is 1. The number of carbonyl (C=O) groups excluding carboxylic acids is 2. The Labute approximate surface area is 200 Å². The van der Waals surface area contributed by atoms with Crippen LogP contribution < -0.4 is 5.32 Å². The number of halogens is 2. The van der Waals surface area contributed by atoms with Crippen LogP contribution in [0.2, 0.25) is 0 Å². The van der Waals surface area contributed by atoms with Crippen LogP contribution in [0.5, 0.6) is 0 Å². The second-order valence-electron chi connectivity index (χ2n) is 8.70. The molecule has 1 aliphatic carbocycles. The molecular formula is C25H26F2N2O6. The zero-order valence-electron chi connectivity index (χ0n) is 19.1. The van der Waals surface area contributed by atoms with Gasteiger partial charge in [-0.15, -0.1) is 0 Å². The highest BCUT2D eigenvalue weighted by Crippen LogP contribution is 2.44. The highest BCUT2D eigenvalue weighted by molar-refractivity contribution is 5.85. The van der Waals surface area contributed by atoms with Crippen LogP contribution in [-0.4, -0.2) is 72.9 Å². The summed E-state index contributed by atoms with van der Waals surface area (Å²) in [6.45, 7) is -0.959. The number of aliphatic carboxylic acids is 1. The molecule has 2 aromatic rings. The summed E-state index contributed by atoms with van der Waals surface area (Å²) >= 11 is 0. The summed E-state index contributed by atoms with van der Waals surface area (Å²) in [6.07, 6.45) is -2.84. The van der Waals surface area contributed by atoms with Crippen LogP contribution in [-0.2, 0) is 19.1 Å². The molecule has 0 bridgehead atoms. The van der Waals surface area contributed by atoms with Gasteiger partial charge in [0.25, 0.3) is 5.92 Å². The predicted octanol–water partition coefficient (Wildman–Crippen LogP) is 3.25. The first kappa shape index (κ1) is 24.6. The molecule has 2 aromatic carbocycles. The van der Waals surface area contributed by atoms with Crippen molar-refractivity contribution in [3.05, 3.63) is 59.7 Å². The molecule has 1 aliphatic heterocycles. The Hall–Kier alpha value is -3.53. The topological polar surface area (TPSA) is 105 Å². The van der Waals surface area contributed by atoms with E-state index in [1.807, 2.05) is 48.5 Å². The van der Waals surface area contributed by atoms with Crippen LogP contribution in [0.1, 0.15) is 29.9 Å². The Bertz CT molecular complexity index is 1080. The number of nitrogens with one attached hydrogen (secondary N) is 1. The fraction of sp³-hybridized carbons (Fsp3) is 0.400. The number of carboxylic acids is 1. The molecule has 0 spiro atoms. The summed E-state index contributed by atoms with van der Waals surface area (Å²) < 4.78 is 38.0. The minimum absolute atomic E-state index is 0.110. The minimum Gasteiger partial charge on any atom is -0.480 e. The van der Waals surface area contributed by atoms with E-state index < -0.39 is 49.0 Å². The molecule has 1 saturated heterocycles. The number of amides is 2. The molecule has 0 saturated carbocycles. The molecule has 2 atom stereocenters. The molecule has 8 nitrogen and oxygen atoms in total. The van der Waals surface area contributed by atoms with Gasteiger partial charge in [-0.1, -0.05) is 48.5 Å². The van der Waals surface area contributed by atoms with E-state index in [9.17, 15) is 28.3 Å². The van der Waals surface area contributed by atoms with Crippen molar-refractivity contribution in [2.24, 2.45) is 0 Å². The molecule has 0 radical (unpaired) electrons. The third kappa shape index (κ3) is 5.27. The number of nitrogens with zero attached hydrogens (tertiary/aromatic N) is 1. The van der Waals surface area contributed by atoms with Crippen molar-refractivity contribution < 1.29 is 37.7 Å². The van der Waals surface area contributed by atoms with Gasteiger partial charge < -0.3 is 24.8 Å². The fourth-order valence-electron chi connectivity index (χ4n) is 4.70. The fourth-order valence-corrected chi connectivity index (χ4v) is 4.70. The van der Waals surface area contributed by atoms with Crippen LogP contribution in [0, 0.1) is 0 Å². The quantitative estimate of drug-likeness (QED) is 0.591. The maximum absolute atomic E-state index is 13.7. The van der Waals surface area contributed by atoms with Gasteiger partial charge in [-0.05, 0) is 22.3 Å². The summed E-state index contributed by atoms with van der Waals surface area (Å²) in [5, 5.41) is 11.7. The van der Waals surface area contributed by atoms with Crippen LogP contribution in [0.3, 0.4) is 0 Å². The molecule has 4 rings (SSSR count). The van der Waals surface area contributed by atoms with Crippen molar-refractivity contribution in [3.8, 4) is 11.1 Å². The lowest BCUT2D eigenvalue weighted by Crippen LogP contribution is -2.44. The standard InChI is InChI=1S/C25H26F2N2O6/c1-34-15(10-22(30)29-14-25(26,27)11-21(29)23(31)32)12-28-24(33)35-13-20-18-8-4-2-6-16(18)17-7-3-5-9-19(17)20/h2-9,15,20-21H,10-14H2,1H3,(H,28,33)(H,31,32)/t15?,21-/m0/s1. The normalized spacial score (nSPS) is 19.1. The first-order chi connectivity index (χ1) is 16.7. The SMILES string of the molecule is COC(CNC(=O)OCC1c2ccccc2-c2ccccc21)CC(=O)N1CC(F)(F)C[C@H]1C(=O)O. The number of likely N-dealkylation sites (tertiary alicyclic amines) is 1. The van der Waals surface area contributed by atoms with Crippen LogP contribution in [0.25, 0.3) is 11.1 Å². The highest BCUT2D eigenvalue weighted by atomic mass is 19.3. The Balaban J connectivity index is 1.31. The van der Waals surface area contributed by atoms with Gasteiger partial charge in [0.15, 0.2) is 0 Å². The molecule has 2 N–H and O–H groups in total. The van der Waals surface area contributed by atoms with E-state index in [1.165, 1.54) is 7.11 Å². The molecular weight excluding hydrogens is 462 g/mol. The number of fused-ring (bicyclic) bond motifs is 3. The molecule has 10 heteroatoms. The summed E-state index contributed by atoms with van der Waals surface area (Å²) in [7, 11) is 1.31. The highest BCUT2D eigenvalue weighted by Gasteiger charge is 2.50. The van der Waals surface area contributed by atoms with Crippen molar-refractivity contribution in [3.63, 3.8) is 0 Å². The predicted molar refractivity (Wildman–Crippen MR) is 121 cm³/mol. The van der Waals surface area contributed by atoms with Gasteiger partial charge in [-0.25, -0.2) is 18.4 Å². The number of carboxylic acid groups (broad SMARTS) is 1. The van der Waals surface area contributed by atoms with E-state index in [0.717, 1.165) is 22.3 Å². The van der Waals surface area contributed by atoms with Gasteiger partial charge in [0, 0.05) is 26.0 Å². The van der Waals surface area contributed by atoms with E-state index in [2.05, 4.69) is 5.32 Å². The number of rotatable bonds is 8. The van der Waals surface area contributed by atoms with E-state index in [0.29, 0.717) is 4.90 Å². The minimum atomic E-state index is -3.26. The van der Waals surface area contributed by atoms with Crippen LogP contribution in [0.15, 0.2) is 48.5 Å². The Morgan fingerprint density at radius 1 is 1.11 bits per heavy atom. The summed E-state index contributed by atoms with van der Waals surface area (Å²) in [5.74, 6) is -5.64. The molecule has 186 valence electrons. The first-order valence-electron chi connectivity index (χ1n) is 11.2. The number of carbonyl (C=O) groups is 3. The lowest BCUT2D eigenvalue weighted by atomic mass is 9.98. The van der Waals surface area contributed by atoms with E-state index in [1.54, 1.807) is 0 Å². The van der Waals surface area contributed by atoms with Crippen LogP contribution in [0.4, 0.5) is 13.6 Å². The Kier molecular flexibility index (Phi) is 7.02. The Morgan fingerprint density at radius 2 is 1.71 bits per heavy atom. The second kappa shape index (κ2) is 9.99.